The Balaban J connectivity index is 0.000000314. The molecule has 0 heteroatoms. The van der Waals surface area contributed by atoms with E-state index in [0.717, 1.165) is 0 Å². The van der Waals surface area contributed by atoms with Gasteiger partial charge in [-0.05, 0) is 20.8 Å². The van der Waals surface area contributed by atoms with Crippen molar-refractivity contribution in [2.24, 2.45) is 0 Å². The molecule has 0 aliphatic carbocycles. The van der Waals surface area contributed by atoms with Crippen molar-refractivity contribution in [1.29, 1.82) is 0 Å². The molecule has 0 nitrogen and oxygen atoms in total. The lowest BCUT2D eigenvalue weighted by atomic mass is 10.2. The lowest BCUT2D eigenvalue weighted by molar-refractivity contribution is 0.886. The van der Waals surface area contributed by atoms with Crippen LogP contribution in [-0.2, 0) is 0 Å². The van der Waals surface area contributed by atoms with Crippen LogP contribution in [0.1, 0.15) is 43.4 Å². The minimum Gasteiger partial charge on any atom is -0.0654 e. The zero-order valence-corrected chi connectivity index (χ0v) is 16.6. The Morgan fingerprint density at radius 2 is 0.600 bits per heavy atom. The van der Waals surface area contributed by atoms with Crippen LogP contribution in [0.25, 0.3) is 0 Å². The average molecular weight is 335 g/mol. The minimum atomic E-state index is 1.32. The zero-order chi connectivity index (χ0) is 18.8. The molecule has 25 heavy (non-hydrogen) atoms. The predicted octanol–water partition coefficient (Wildman–Crippen LogP) is 7.79. The Hall–Kier alpha value is -2.34. The second-order valence-electron chi connectivity index (χ2n) is 5.96. The van der Waals surface area contributed by atoms with E-state index in [9.17, 15) is 0 Å². The van der Waals surface area contributed by atoms with Crippen LogP contribution >= 0.6 is 0 Å². The van der Waals surface area contributed by atoms with Gasteiger partial charge in [-0.1, -0.05) is 134 Å². The first kappa shape index (κ1) is 22.7. The third-order valence-electron chi connectivity index (χ3n) is 3.32. The van der Waals surface area contributed by atoms with Gasteiger partial charge in [-0.15, -0.1) is 0 Å². The molecule has 3 aromatic carbocycles. The van der Waals surface area contributed by atoms with Gasteiger partial charge in [-0.2, -0.15) is 0 Å². The summed E-state index contributed by atoms with van der Waals surface area (Å²) in [5.74, 6) is 0. The molecular formula is C25H34. The Morgan fingerprint density at radius 1 is 0.400 bits per heavy atom. The van der Waals surface area contributed by atoms with Crippen LogP contribution in [0.4, 0.5) is 0 Å². The van der Waals surface area contributed by atoms with Gasteiger partial charge < -0.3 is 0 Å². The molecule has 0 heterocycles. The van der Waals surface area contributed by atoms with Crippen LogP contribution in [0.5, 0.6) is 0 Å². The number of unbranched alkanes of at least 4 members (excludes halogenated alkanes) is 1. The van der Waals surface area contributed by atoms with E-state index in [4.69, 9.17) is 0 Å². The van der Waals surface area contributed by atoms with Crippen molar-refractivity contribution in [1.82, 2.24) is 0 Å². The molecule has 3 rings (SSSR count). The van der Waals surface area contributed by atoms with E-state index in [2.05, 4.69) is 71.0 Å². The van der Waals surface area contributed by atoms with Crippen molar-refractivity contribution in [2.75, 3.05) is 0 Å². The first-order valence-corrected chi connectivity index (χ1v) is 9.15. The summed E-state index contributed by atoms with van der Waals surface area (Å²) in [6.45, 7) is 10.6. The van der Waals surface area contributed by atoms with E-state index >= 15 is 0 Å². The fourth-order valence-electron chi connectivity index (χ4n) is 1.60. The largest absolute Gasteiger partial charge is 0.0654 e. The molecule has 0 bridgehead atoms. The van der Waals surface area contributed by atoms with E-state index in [1.165, 1.54) is 29.5 Å². The summed E-state index contributed by atoms with van der Waals surface area (Å²) in [5, 5.41) is 0. The lowest BCUT2D eigenvalue weighted by Gasteiger charge is -1.82. The van der Waals surface area contributed by atoms with E-state index in [-0.39, 0.29) is 0 Å². The van der Waals surface area contributed by atoms with E-state index in [1.54, 1.807) is 0 Å². The summed E-state index contributed by atoms with van der Waals surface area (Å²) in [4.78, 5) is 0. The molecule has 0 saturated carbocycles. The van der Waals surface area contributed by atoms with Gasteiger partial charge in [0.25, 0.3) is 0 Å². The number of aryl methyl sites for hydroxylation is 3. The molecule has 0 aliphatic rings. The van der Waals surface area contributed by atoms with Crippen molar-refractivity contribution in [3.05, 3.63) is 108 Å². The quantitative estimate of drug-likeness (QED) is 0.426. The molecule has 0 unspecified atom stereocenters. The molecule has 0 aromatic heterocycles. The Kier molecular flexibility index (Phi) is 15.0. The maximum absolute atomic E-state index is 2.18. The summed E-state index contributed by atoms with van der Waals surface area (Å²) in [6.07, 6.45) is 2.64. The van der Waals surface area contributed by atoms with Crippen molar-refractivity contribution >= 4 is 0 Å². The highest BCUT2D eigenvalue weighted by Crippen LogP contribution is 1.93. The molecule has 0 fully saturated rings. The molecule has 0 saturated heterocycles. The van der Waals surface area contributed by atoms with Crippen LogP contribution in [-0.4, -0.2) is 0 Å². The average Bonchev–Trinajstić information content (AvgIpc) is 2.65. The van der Waals surface area contributed by atoms with Crippen molar-refractivity contribution in [2.45, 2.75) is 47.5 Å². The molecule has 134 valence electrons. The summed E-state index contributed by atoms with van der Waals surface area (Å²) >= 11 is 0. The topological polar surface area (TPSA) is 0 Å². The molecule has 0 radical (unpaired) electrons. The Bertz CT molecular complexity index is 506. The number of rotatable bonds is 1. The van der Waals surface area contributed by atoms with E-state index in [0.29, 0.717) is 0 Å². The lowest BCUT2D eigenvalue weighted by Crippen LogP contribution is -1.62. The maximum Gasteiger partial charge on any atom is -0.0398 e. The highest BCUT2D eigenvalue weighted by molar-refractivity contribution is 5.12. The van der Waals surface area contributed by atoms with Crippen LogP contribution in [0.15, 0.2) is 91.0 Å². The summed E-state index contributed by atoms with van der Waals surface area (Å²) in [5.41, 5.74) is 3.97. The molecule has 0 N–H and O–H groups in total. The van der Waals surface area contributed by atoms with E-state index in [1.807, 2.05) is 54.6 Å². The van der Waals surface area contributed by atoms with Crippen molar-refractivity contribution in [3.8, 4) is 0 Å². The van der Waals surface area contributed by atoms with Crippen molar-refractivity contribution < 1.29 is 0 Å². The monoisotopic (exact) mass is 334 g/mol. The van der Waals surface area contributed by atoms with Gasteiger partial charge in [-0.3, -0.25) is 0 Å². The first-order valence-electron chi connectivity index (χ1n) is 9.15. The smallest absolute Gasteiger partial charge is 0.0398 e. The normalized spacial score (nSPS) is 8.52. The first-order chi connectivity index (χ1) is 12.1. The molecule has 3 aromatic rings. The van der Waals surface area contributed by atoms with Crippen LogP contribution in [0.3, 0.4) is 0 Å². The van der Waals surface area contributed by atoms with Gasteiger partial charge in [-0.25, -0.2) is 0 Å². The van der Waals surface area contributed by atoms with Gasteiger partial charge in [0.15, 0.2) is 0 Å². The van der Waals surface area contributed by atoms with Crippen molar-refractivity contribution in [3.63, 3.8) is 0 Å². The summed E-state index contributed by atoms with van der Waals surface area (Å²) < 4.78 is 0. The van der Waals surface area contributed by atoms with Gasteiger partial charge in [0, 0.05) is 0 Å². The maximum atomic E-state index is 2.18. The van der Waals surface area contributed by atoms with Gasteiger partial charge in [0.2, 0.25) is 0 Å². The summed E-state index contributed by atoms with van der Waals surface area (Å²) in [6, 6.07) is 30.8. The molecule has 0 atom stereocenters. The van der Waals surface area contributed by atoms with Crippen LogP contribution in [0.2, 0.25) is 0 Å². The Labute approximate surface area is 155 Å². The van der Waals surface area contributed by atoms with Crippen LogP contribution < -0.4 is 0 Å². The van der Waals surface area contributed by atoms with Gasteiger partial charge in [0.1, 0.15) is 0 Å². The Morgan fingerprint density at radius 3 is 0.680 bits per heavy atom. The fraction of sp³-hybridized carbons (Fsp3) is 0.280. The fourth-order valence-corrected chi connectivity index (χ4v) is 1.60. The summed E-state index contributed by atoms with van der Waals surface area (Å²) in [7, 11) is 0. The predicted molar refractivity (Wildman–Crippen MR) is 114 cm³/mol. The minimum absolute atomic E-state index is 1.32. The zero-order valence-electron chi connectivity index (χ0n) is 16.6. The molecule has 0 amide bonds. The molecule has 0 aliphatic heterocycles. The second kappa shape index (κ2) is 16.5. The second-order valence-corrected chi connectivity index (χ2v) is 5.96. The number of hydrogen-bond donors (Lipinski definition) is 0. The third-order valence-corrected chi connectivity index (χ3v) is 3.32. The standard InChI is InChI=1S/3C7H8.C4H10/c3*1-7-5-3-2-4-6-7;1-3-4-2/h3*2-6H,1H3;3-4H2,1-2H3. The molecule has 0 spiro atoms. The van der Waals surface area contributed by atoms with Gasteiger partial charge in [0.05, 0.1) is 0 Å². The van der Waals surface area contributed by atoms with Gasteiger partial charge >= 0.3 is 0 Å². The number of hydrogen-bond acceptors (Lipinski definition) is 0. The third kappa shape index (κ3) is 16.3. The molecular weight excluding hydrogens is 300 g/mol. The number of benzene rings is 3. The van der Waals surface area contributed by atoms with Crippen LogP contribution in [0, 0.1) is 20.8 Å². The highest BCUT2D eigenvalue weighted by atomic mass is 13.8. The van der Waals surface area contributed by atoms with E-state index < -0.39 is 0 Å². The SMILES string of the molecule is CCCC.Cc1ccccc1.Cc1ccccc1.Cc1ccccc1. The highest BCUT2D eigenvalue weighted by Gasteiger charge is 1.73.